The molecule has 0 bridgehead atoms. The number of Topliss-reactive ketones (excluding diaryl/α,β-unsaturated/α-hetero) is 1. The molecule has 0 saturated heterocycles. The van der Waals surface area contributed by atoms with Crippen LogP contribution in [0.15, 0.2) is 40.9 Å². The van der Waals surface area contributed by atoms with E-state index in [0.717, 1.165) is 17.7 Å². The van der Waals surface area contributed by atoms with Gasteiger partial charge in [-0.25, -0.2) is 0 Å². The molecule has 2 heterocycles. The summed E-state index contributed by atoms with van der Waals surface area (Å²) in [6.45, 7) is 4.53. The second-order valence-corrected chi connectivity index (χ2v) is 8.15. The van der Waals surface area contributed by atoms with Crippen molar-refractivity contribution in [1.29, 1.82) is 0 Å². The lowest BCUT2D eigenvalue weighted by Crippen LogP contribution is -2.50. The highest BCUT2D eigenvalue weighted by molar-refractivity contribution is 6.05. The Kier molecular flexibility index (Phi) is 4.33. The van der Waals surface area contributed by atoms with Crippen molar-refractivity contribution >= 4 is 11.7 Å². The Balaban J connectivity index is 1.90. The fourth-order valence-electron chi connectivity index (χ4n) is 4.35. The first kappa shape index (κ1) is 18.4. The predicted molar refractivity (Wildman–Crippen MR) is 104 cm³/mol. The van der Waals surface area contributed by atoms with Gasteiger partial charge in [0.2, 0.25) is 0 Å². The Morgan fingerprint density at radius 2 is 1.75 bits per heavy atom. The van der Waals surface area contributed by atoms with E-state index < -0.39 is 5.92 Å². The lowest BCUT2D eigenvalue weighted by molar-refractivity contribution is -0.119. The molecule has 0 fully saturated rings. The van der Waals surface area contributed by atoms with E-state index >= 15 is 0 Å². The van der Waals surface area contributed by atoms with Crippen molar-refractivity contribution < 1.29 is 19.1 Å². The number of benzene rings is 1. The zero-order valence-corrected chi connectivity index (χ0v) is 16.6. The topological polar surface area (TPSA) is 88.7 Å². The van der Waals surface area contributed by atoms with Gasteiger partial charge in [-0.05, 0) is 29.5 Å². The maximum atomic E-state index is 13.2. The van der Waals surface area contributed by atoms with E-state index in [0.29, 0.717) is 41.6 Å². The minimum absolute atomic E-state index is 0.0726. The second kappa shape index (κ2) is 6.58. The number of nitrogens with one attached hydrogen (secondary N) is 3. The Morgan fingerprint density at radius 1 is 1.00 bits per heavy atom. The van der Waals surface area contributed by atoms with Crippen molar-refractivity contribution in [2.24, 2.45) is 5.41 Å². The molecule has 1 unspecified atom stereocenters. The number of amides is 1. The highest BCUT2D eigenvalue weighted by Gasteiger charge is 2.44. The highest BCUT2D eigenvalue weighted by Crippen LogP contribution is 2.47. The SMILES string of the molecule is COc1ccc(C2C3=C(CC(C)(C)CC3=O)NC3=C2C(=O)NCN3)cc1OC. The summed E-state index contributed by atoms with van der Waals surface area (Å²) in [6.07, 6.45) is 1.20. The van der Waals surface area contributed by atoms with Crippen LogP contribution in [0.5, 0.6) is 11.5 Å². The summed E-state index contributed by atoms with van der Waals surface area (Å²) in [6, 6.07) is 5.54. The summed E-state index contributed by atoms with van der Waals surface area (Å²) in [5, 5.41) is 9.37. The van der Waals surface area contributed by atoms with Gasteiger partial charge in [0.25, 0.3) is 5.91 Å². The normalized spacial score (nSPS) is 23.2. The van der Waals surface area contributed by atoms with Gasteiger partial charge in [0, 0.05) is 23.6 Å². The summed E-state index contributed by atoms with van der Waals surface area (Å²) < 4.78 is 10.8. The number of allylic oxidation sites excluding steroid dienone is 2. The summed E-state index contributed by atoms with van der Waals surface area (Å²) >= 11 is 0. The van der Waals surface area contributed by atoms with E-state index in [1.807, 2.05) is 18.2 Å². The number of carbonyl (C=O) groups excluding carboxylic acids is 2. The quantitative estimate of drug-likeness (QED) is 0.739. The lowest BCUT2D eigenvalue weighted by Gasteiger charge is -2.41. The molecule has 3 N–H and O–H groups in total. The van der Waals surface area contributed by atoms with Crippen LogP contribution in [0.1, 0.15) is 38.2 Å². The standard InChI is InChI=1S/C21H25N3O4/c1-21(2)8-12-17(13(25)9-21)16(18-19(24-12)22-10-23-20(18)26)11-5-6-14(27-3)15(7-11)28-4/h5-7,16,22,24H,8-10H2,1-4H3,(H,23,26). The number of ether oxygens (including phenoxy) is 2. The van der Waals surface area contributed by atoms with Gasteiger partial charge in [0.05, 0.1) is 26.5 Å². The Hall–Kier alpha value is -2.96. The molecule has 28 heavy (non-hydrogen) atoms. The largest absolute Gasteiger partial charge is 0.493 e. The molecule has 0 saturated carbocycles. The number of rotatable bonds is 3. The molecule has 0 radical (unpaired) electrons. The Labute approximate surface area is 164 Å². The van der Waals surface area contributed by atoms with Crippen molar-refractivity contribution in [1.82, 2.24) is 16.0 Å². The van der Waals surface area contributed by atoms with Crippen LogP contribution in [-0.4, -0.2) is 32.6 Å². The molecule has 3 aliphatic rings. The summed E-state index contributed by atoms with van der Waals surface area (Å²) in [5.41, 5.74) is 2.79. The minimum Gasteiger partial charge on any atom is -0.493 e. The molecule has 0 aromatic heterocycles. The molecule has 4 rings (SSSR count). The van der Waals surface area contributed by atoms with Crippen LogP contribution >= 0.6 is 0 Å². The lowest BCUT2D eigenvalue weighted by atomic mass is 9.68. The summed E-state index contributed by atoms with van der Waals surface area (Å²) in [4.78, 5) is 25.9. The zero-order valence-electron chi connectivity index (χ0n) is 16.6. The van der Waals surface area contributed by atoms with Crippen LogP contribution in [0.4, 0.5) is 0 Å². The van der Waals surface area contributed by atoms with Gasteiger partial charge in [0.15, 0.2) is 17.3 Å². The van der Waals surface area contributed by atoms with Crippen LogP contribution in [-0.2, 0) is 9.59 Å². The third-order valence-corrected chi connectivity index (χ3v) is 5.54. The molecule has 1 aliphatic carbocycles. The highest BCUT2D eigenvalue weighted by atomic mass is 16.5. The van der Waals surface area contributed by atoms with Crippen LogP contribution in [0.25, 0.3) is 0 Å². The number of hydrogen-bond acceptors (Lipinski definition) is 6. The van der Waals surface area contributed by atoms with Crippen molar-refractivity contribution in [3.8, 4) is 11.5 Å². The molecule has 1 aromatic rings. The summed E-state index contributed by atoms with van der Waals surface area (Å²) in [5.74, 6) is 1.28. The smallest absolute Gasteiger partial charge is 0.253 e. The van der Waals surface area contributed by atoms with Gasteiger partial charge < -0.3 is 25.4 Å². The monoisotopic (exact) mass is 383 g/mol. The maximum Gasteiger partial charge on any atom is 0.253 e. The molecule has 2 aliphatic heterocycles. The number of hydrogen-bond donors (Lipinski definition) is 3. The third-order valence-electron chi connectivity index (χ3n) is 5.54. The van der Waals surface area contributed by atoms with Gasteiger partial charge in [-0.2, -0.15) is 0 Å². The molecule has 0 spiro atoms. The van der Waals surface area contributed by atoms with Crippen molar-refractivity contribution in [3.63, 3.8) is 0 Å². The van der Waals surface area contributed by atoms with Gasteiger partial charge in [-0.1, -0.05) is 19.9 Å². The molecule has 7 heteroatoms. The van der Waals surface area contributed by atoms with E-state index in [1.54, 1.807) is 14.2 Å². The van der Waals surface area contributed by atoms with Gasteiger partial charge in [0.1, 0.15) is 5.82 Å². The van der Waals surface area contributed by atoms with E-state index in [2.05, 4.69) is 29.8 Å². The molecule has 1 amide bonds. The molecule has 148 valence electrons. The molecular formula is C21H25N3O4. The number of ketones is 1. The molecular weight excluding hydrogens is 358 g/mol. The third kappa shape index (κ3) is 2.91. The Bertz CT molecular complexity index is 930. The van der Waals surface area contributed by atoms with E-state index in [-0.39, 0.29) is 17.1 Å². The van der Waals surface area contributed by atoms with E-state index in [4.69, 9.17) is 9.47 Å². The average molecular weight is 383 g/mol. The minimum atomic E-state index is -0.456. The fraction of sp³-hybridized carbons (Fsp3) is 0.429. The van der Waals surface area contributed by atoms with Crippen LogP contribution in [0.3, 0.4) is 0 Å². The number of dihydropyridines is 1. The number of methoxy groups -OCH3 is 2. The molecule has 1 atom stereocenters. The van der Waals surface area contributed by atoms with Crippen LogP contribution in [0.2, 0.25) is 0 Å². The van der Waals surface area contributed by atoms with Gasteiger partial charge in [-0.3, -0.25) is 9.59 Å². The van der Waals surface area contributed by atoms with E-state index in [1.165, 1.54) is 0 Å². The van der Waals surface area contributed by atoms with Crippen molar-refractivity contribution in [2.75, 3.05) is 20.9 Å². The predicted octanol–water partition coefficient (Wildman–Crippen LogP) is 1.92. The summed E-state index contributed by atoms with van der Waals surface area (Å²) in [7, 11) is 3.15. The van der Waals surface area contributed by atoms with Gasteiger partial charge >= 0.3 is 0 Å². The van der Waals surface area contributed by atoms with Crippen LogP contribution < -0.4 is 25.4 Å². The maximum absolute atomic E-state index is 13.2. The first-order chi connectivity index (χ1) is 13.3. The number of carbonyl (C=O) groups is 2. The Morgan fingerprint density at radius 3 is 2.46 bits per heavy atom. The fourth-order valence-corrected chi connectivity index (χ4v) is 4.35. The van der Waals surface area contributed by atoms with Gasteiger partial charge in [-0.15, -0.1) is 0 Å². The average Bonchev–Trinajstić information content (AvgIpc) is 2.65. The first-order valence-electron chi connectivity index (χ1n) is 9.36. The zero-order chi connectivity index (χ0) is 20.1. The van der Waals surface area contributed by atoms with Crippen LogP contribution in [0, 0.1) is 5.41 Å². The molecule has 7 nitrogen and oxygen atoms in total. The van der Waals surface area contributed by atoms with Crippen molar-refractivity contribution in [2.45, 2.75) is 32.6 Å². The van der Waals surface area contributed by atoms with E-state index in [9.17, 15) is 9.59 Å². The molecule has 1 aromatic carbocycles. The van der Waals surface area contributed by atoms with Crippen molar-refractivity contribution in [3.05, 3.63) is 46.4 Å². The second-order valence-electron chi connectivity index (χ2n) is 8.15. The first-order valence-corrected chi connectivity index (χ1v) is 9.36.